The third-order valence-electron chi connectivity index (χ3n) is 3.72. The maximum absolute atomic E-state index is 12.3. The summed E-state index contributed by atoms with van der Waals surface area (Å²) in [6.45, 7) is -2.90. The monoisotopic (exact) mass is 359 g/mol. The first-order valence-electron chi connectivity index (χ1n) is 7.73. The first-order chi connectivity index (χ1) is 12.4. The van der Waals surface area contributed by atoms with Crippen LogP contribution in [0.1, 0.15) is 5.69 Å². The van der Waals surface area contributed by atoms with Crippen molar-refractivity contribution in [1.82, 2.24) is 9.78 Å². The summed E-state index contributed by atoms with van der Waals surface area (Å²) in [4.78, 5) is 24.4. The highest BCUT2D eigenvalue weighted by Crippen LogP contribution is 2.18. The number of nitrogens with zero attached hydrogens (tertiary/aromatic N) is 2. The van der Waals surface area contributed by atoms with Crippen LogP contribution in [0.2, 0.25) is 0 Å². The minimum absolute atomic E-state index is 0.00344. The number of aryl methyl sites for hydroxylation is 1. The zero-order valence-electron chi connectivity index (χ0n) is 13.8. The van der Waals surface area contributed by atoms with E-state index in [2.05, 4.69) is 15.2 Å². The number of benzene rings is 2. The van der Waals surface area contributed by atoms with Gasteiger partial charge in [-0.15, -0.1) is 0 Å². The van der Waals surface area contributed by atoms with Crippen LogP contribution < -0.4 is 15.6 Å². The standard InChI is InChI=1S/C18H15F2N3O3/c1-23-17(25)14-5-3-2-4-13(14)15(22-23)10-16(24)21-11-6-8-12(9-7-11)26-18(19)20/h2-9,18H,10H2,1H3,(H,21,24). The van der Waals surface area contributed by atoms with Crippen molar-refractivity contribution in [3.8, 4) is 5.75 Å². The predicted octanol–water partition coefficient (Wildman–Crippen LogP) is 2.72. The van der Waals surface area contributed by atoms with Crippen LogP contribution in [0.15, 0.2) is 53.3 Å². The summed E-state index contributed by atoms with van der Waals surface area (Å²) < 4.78 is 29.7. The smallest absolute Gasteiger partial charge is 0.387 e. The molecule has 1 aromatic heterocycles. The number of aromatic nitrogens is 2. The van der Waals surface area contributed by atoms with Crippen molar-refractivity contribution in [2.75, 3.05) is 5.32 Å². The average Bonchev–Trinajstić information content (AvgIpc) is 2.61. The molecule has 26 heavy (non-hydrogen) atoms. The van der Waals surface area contributed by atoms with Gasteiger partial charge in [-0.2, -0.15) is 13.9 Å². The Hall–Kier alpha value is -3.29. The van der Waals surface area contributed by atoms with Crippen LogP contribution in [0.5, 0.6) is 5.75 Å². The molecule has 3 rings (SSSR count). The van der Waals surface area contributed by atoms with Gasteiger partial charge in [-0.25, -0.2) is 4.68 Å². The molecule has 0 aliphatic rings. The SMILES string of the molecule is Cn1nc(CC(=O)Nc2ccc(OC(F)F)cc2)c2ccccc2c1=O. The zero-order chi connectivity index (χ0) is 18.7. The van der Waals surface area contributed by atoms with Gasteiger partial charge in [0.1, 0.15) is 5.75 Å². The van der Waals surface area contributed by atoms with E-state index in [0.717, 1.165) is 0 Å². The van der Waals surface area contributed by atoms with Crippen molar-refractivity contribution < 1.29 is 18.3 Å². The number of carbonyl (C=O) groups is 1. The number of halogens is 2. The van der Waals surface area contributed by atoms with E-state index in [1.165, 1.54) is 36.0 Å². The maximum atomic E-state index is 12.3. The molecule has 6 nitrogen and oxygen atoms in total. The Balaban J connectivity index is 1.77. The Labute approximate surface area is 147 Å². The lowest BCUT2D eigenvalue weighted by Crippen LogP contribution is -2.24. The van der Waals surface area contributed by atoms with Gasteiger partial charge in [0.15, 0.2) is 0 Å². The fourth-order valence-electron chi connectivity index (χ4n) is 2.58. The molecular weight excluding hydrogens is 344 g/mol. The van der Waals surface area contributed by atoms with Crippen molar-refractivity contribution >= 4 is 22.4 Å². The van der Waals surface area contributed by atoms with Gasteiger partial charge in [-0.3, -0.25) is 9.59 Å². The van der Waals surface area contributed by atoms with Crippen LogP contribution in [-0.2, 0) is 18.3 Å². The number of ether oxygens (including phenoxy) is 1. The normalized spacial score (nSPS) is 10.9. The largest absolute Gasteiger partial charge is 0.435 e. The number of amides is 1. The van der Waals surface area contributed by atoms with Crippen LogP contribution in [0, 0.1) is 0 Å². The van der Waals surface area contributed by atoms with E-state index in [9.17, 15) is 18.4 Å². The summed E-state index contributed by atoms with van der Waals surface area (Å²) in [5.74, 6) is -0.340. The van der Waals surface area contributed by atoms with Crippen molar-refractivity contribution in [3.05, 3.63) is 64.6 Å². The Morgan fingerprint density at radius 3 is 2.46 bits per heavy atom. The molecular formula is C18H15F2N3O3. The molecule has 2 aromatic carbocycles. The van der Waals surface area contributed by atoms with Crippen LogP contribution in [-0.4, -0.2) is 22.3 Å². The molecule has 0 aliphatic heterocycles. The lowest BCUT2D eigenvalue weighted by Gasteiger charge is -2.09. The number of fused-ring (bicyclic) bond motifs is 1. The highest BCUT2D eigenvalue weighted by atomic mass is 19.3. The van der Waals surface area contributed by atoms with Gasteiger partial charge in [-0.1, -0.05) is 18.2 Å². The fraction of sp³-hybridized carbons (Fsp3) is 0.167. The van der Waals surface area contributed by atoms with Gasteiger partial charge in [0, 0.05) is 18.1 Å². The number of hydrogen-bond donors (Lipinski definition) is 1. The van der Waals surface area contributed by atoms with Gasteiger partial charge < -0.3 is 10.1 Å². The highest BCUT2D eigenvalue weighted by Gasteiger charge is 2.13. The van der Waals surface area contributed by atoms with Crippen LogP contribution >= 0.6 is 0 Å². The summed E-state index contributed by atoms with van der Waals surface area (Å²) in [6, 6.07) is 12.5. The molecule has 3 aromatic rings. The first-order valence-corrected chi connectivity index (χ1v) is 7.73. The minimum atomic E-state index is -2.90. The number of rotatable bonds is 5. The van der Waals surface area contributed by atoms with E-state index in [-0.39, 0.29) is 23.6 Å². The van der Waals surface area contributed by atoms with E-state index >= 15 is 0 Å². The summed E-state index contributed by atoms with van der Waals surface area (Å²) in [7, 11) is 1.53. The number of carbonyl (C=O) groups excluding carboxylic acids is 1. The predicted molar refractivity (Wildman–Crippen MR) is 92.4 cm³/mol. The lowest BCUT2D eigenvalue weighted by molar-refractivity contribution is -0.115. The summed E-state index contributed by atoms with van der Waals surface area (Å²) >= 11 is 0. The van der Waals surface area contributed by atoms with Gasteiger partial charge in [-0.05, 0) is 30.3 Å². The molecule has 1 N–H and O–H groups in total. The van der Waals surface area contributed by atoms with Crippen LogP contribution in [0.4, 0.5) is 14.5 Å². The quantitative estimate of drug-likeness (QED) is 0.760. The number of hydrogen-bond acceptors (Lipinski definition) is 4. The second-order valence-corrected chi connectivity index (χ2v) is 5.55. The number of nitrogens with one attached hydrogen (secondary N) is 1. The molecule has 0 spiro atoms. The average molecular weight is 359 g/mol. The molecule has 0 saturated heterocycles. The molecule has 0 aliphatic carbocycles. The molecule has 0 saturated carbocycles. The molecule has 0 radical (unpaired) electrons. The molecule has 0 atom stereocenters. The Morgan fingerprint density at radius 1 is 1.15 bits per heavy atom. The van der Waals surface area contributed by atoms with Crippen molar-refractivity contribution in [2.24, 2.45) is 7.05 Å². The van der Waals surface area contributed by atoms with Crippen LogP contribution in [0.25, 0.3) is 10.8 Å². The van der Waals surface area contributed by atoms with Crippen molar-refractivity contribution in [3.63, 3.8) is 0 Å². The lowest BCUT2D eigenvalue weighted by atomic mass is 10.1. The Kier molecular flexibility index (Phi) is 4.92. The Morgan fingerprint density at radius 2 is 1.81 bits per heavy atom. The topological polar surface area (TPSA) is 73.2 Å². The zero-order valence-corrected chi connectivity index (χ0v) is 13.8. The summed E-state index contributed by atoms with van der Waals surface area (Å²) in [5.41, 5.74) is 0.669. The van der Waals surface area contributed by atoms with E-state index in [1.54, 1.807) is 24.3 Å². The second-order valence-electron chi connectivity index (χ2n) is 5.55. The fourth-order valence-corrected chi connectivity index (χ4v) is 2.58. The molecule has 8 heteroatoms. The van der Waals surface area contributed by atoms with Gasteiger partial charge >= 0.3 is 6.61 Å². The van der Waals surface area contributed by atoms with Gasteiger partial charge in [0.2, 0.25) is 5.91 Å². The molecule has 134 valence electrons. The van der Waals surface area contributed by atoms with Crippen molar-refractivity contribution in [2.45, 2.75) is 13.0 Å². The van der Waals surface area contributed by atoms with Crippen molar-refractivity contribution in [1.29, 1.82) is 0 Å². The first kappa shape index (κ1) is 17.5. The molecule has 0 unspecified atom stereocenters. The molecule has 0 fully saturated rings. The minimum Gasteiger partial charge on any atom is -0.435 e. The summed E-state index contributed by atoms with van der Waals surface area (Å²) in [6.07, 6.45) is -0.0378. The summed E-state index contributed by atoms with van der Waals surface area (Å²) in [5, 5.41) is 7.93. The van der Waals surface area contributed by atoms with Crippen LogP contribution in [0.3, 0.4) is 0 Å². The third-order valence-corrected chi connectivity index (χ3v) is 3.72. The number of alkyl halides is 2. The van der Waals surface area contributed by atoms with Gasteiger partial charge in [0.25, 0.3) is 5.56 Å². The second kappa shape index (κ2) is 7.30. The molecule has 1 heterocycles. The number of anilines is 1. The maximum Gasteiger partial charge on any atom is 0.387 e. The third kappa shape index (κ3) is 3.85. The van der Waals surface area contributed by atoms with E-state index < -0.39 is 6.61 Å². The van der Waals surface area contributed by atoms with Gasteiger partial charge in [0.05, 0.1) is 17.5 Å². The Bertz CT molecular complexity index is 1000. The van der Waals surface area contributed by atoms with E-state index in [0.29, 0.717) is 22.2 Å². The molecule has 1 amide bonds. The van der Waals surface area contributed by atoms with E-state index in [4.69, 9.17) is 0 Å². The van der Waals surface area contributed by atoms with E-state index in [1.807, 2.05) is 0 Å². The highest BCUT2D eigenvalue weighted by molar-refractivity contribution is 5.95. The molecule has 0 bridgehead atoms.